The van der Waals surface area contributed by atoms with Crippen molar-refractivity contribution in [2.75, 3.05) is 29.9 Å². The summed E-state index contributed by atoms with van der Waals surface area (Å²) in [5.41, 5.74) is 2.07. The molecule has 1 aliphatic heterocycles. The number of benzene rings is 1. The van der Waals surface area contributed by atoms with Crippen LogP contribution in [0.25, 0.3) is 0 Å². The van der Waals surface area contributed by atoms with Crippen LogP contribution in [0.1, 0.15) is 19.8 Å². The number of fused-ring (bicyclic) bond motifs is 1. The van der Waals surface area contributed by atoms with Crippen molar-refractivity contribution in [1.29, 1.82) is 0 Å². The normalized spacial score (nSPS) is 16.4. The highest BCUT2D eigenvalue weighted by Crippen LogP contribution is 2.32. The van der Waals surface area contributed by atoms with Crippen molar-refractivity contribution in [2.45, 2.75) is 25.9 Å². The van der Waals surface area contributed by atoms with Gasteiger partial charge in [-0.1, -0.05) is 12.1 Å². The predicted octanol–water partition coefficient (Wildman–Crippen LogP) is 1.63. The summed E-state index contributed by atoms with van der Waals surface area (Å²) in [6, 6.07) is 7.95. The smallest absolute Gasteiger partial charge is 0.227 e. The standard InChI is InChI=1S/C14H20N2O2/c1-11(17)7-8-14(18)16-10-9-15(2)12-5-3-4-6-13(12)16/h3-6,11,17H,7-10H2,1-2H3. The molecule has 1 atom stereocenters. The maximum atomic E-state index is 12.2. The largest absolute Gasteiger partial charge is 0.393 e. The van der Waals surface area contributed by atoms with Gasteiger partial charge in [0.05, 0.1) is 17.5 Å². The summed E-state index contributed by atoms with van der Waals surface area (Å²) >= 11 is 0. The Bertz CT molecular complexity index is 432. The second kappa shape index (κ2) is 5.40. The number of aliphatic hydroxyl groups excluding tert-OH is 1. The van der Waals surface area contributed by atoms with Gasteiger partial charge in [0.15, 0.2) is 0 Å². The van der Waals surface area contributed by atoms with Crippen molar-refractivity contribution in [1.82, 2.24) is 0 Å². The van der Waals surface area contributed by atoms with E-state index in [0.717, 1.165) is 17.9 Å². The second-order valence-corrected chi connectivity index (χ2v) is 4.84. The Morgan fingerprint density at radius 2 is 2.00 bits per heavy atom. The van der Waals surface area contributed by atoms with Gasteiger partial charge in [-0.2, -0.15) is 0 Å². The van der Waals surface area contributed by atoms with Gasteiger partial charge in [0.1, 0.15) is 0 Å². The van der Waals surface area contributed by atoms with Gasteiger partial charge in [-0.3, -0.25) is 4.79 Å². The molecule has 1 aliphatic rings. The van der Waals surface area contributed by atoms with Crippen LogP contribution in [-0.4, -0.2) is 37.3 Å². The Hall–Kier alpha value is -1.55. The summed E-state index contributed by atoms with van der Waals surface area (Å²) in [5.74, 6) is 0.0939. The fourth-order valence-electron chi connectivity index (χ4n) is 2.23. The van der Waals surface area contributed by atoms with E-state index in [-0.39, 0.29) is 5.91 Å². The van der Waals surface area contributed by atoms with Crippen LogP contribution < -0.4 is 9.80 Å². The SMILES string of the molecule is CC(O)CCC(=O)N1CCN(C)c2ccccc21. The minimum absolute atomic E-state index is 0.0939. The van der Waals surface area contributed by atoms with E-state index in [4.69, 9.17) is 0 Å². The first kappa shape index (κ1) is 12.9. The lowest BCUT2D eigenvalue weighted by Crippen LogP contribution is -2.42. The molecule has 1 heterocycles. The summed E-state index contributed by atoms with van der Waals surface area (Å²) in [5, 5.41) is 9.26. The number of anilines is 2. The molecule has 4 nitrogen and oxygen atoms in total. The number of hydrogen-bond donors (Lipinski definition) is 1. The minimum atomic E-state index is -0.420. The molecule has 0 saturated heterocycles. The number of carbonyl (C=O) groups is 1. The molecule has 1 aromatic rings. The van der Waals surface area contributed by atoms with Gasteiger partial charge in [0.25, 0.3) is 0 Å². The maximum absolute atomic E-state index is 12.2. The number of amides is 1. The van der Waals surface area contributed by atoms with Crippen molar-refractivity contribution in [3.63, 3.8) is 0 Å². The zero-order valence-electron chi connectivity index (χ0n) is 11.0. The molecular formula is C14H20N2O2. The van der Waals surface area contributed by atoms with Gasteiger partial charge in [-0.05, 0) is 25.5 Å². The molecule has 0 aliphatic carbocycles. The number of likely N-dealkylation sites (N-methyl/N-ethyl adjacent to an activating group) is 1. The molecule has 1 N–H and O–H groups in total. The first-order valence-corrected chi connectivity index (χ1v) is 6.38. The zero-order valence-corrected chi connectivity index (χ0v) is 11.0. The average molecular weight is 248 g/mol. The van der Waals surface area contributed by atoms with Crippen LogP contribution in [0.15, 0.2) is 24.3 Å². The number of carbonyl (C=O) groups excluding carboxylic acids is 1. The van der Waals surface area contributed by atoms with Crippen molar-refractivity contribution in [3.8, 4) is 0 Å². The number of hydrogen-bond acceptors (Lipinski definition) is 3. The quantitative estimate of drug-likeness (QED) is 0.884. The van der Waals surface area contributed by atoms with E-state index in [1.807, 2.05) is 36.2 Å². The fraction of sp³-hybridized carbons (Fsp3) is 0.500. The van der Waals surface area contributed by atoms with Crippen LogP contribution in [0.2, 0.25) is 0 Å². The first-order valence-electron chi connectivity index (χ1n) is 6.38. The summed E-state index contributed by atoms with van der Waals surface area (Å²) < 4.78 is 0. The predicted molar refractivity (Wildman–Crippen MR) is 73.0 cm³/mol. The highest BCUT2D eigenvalue weighted by Gasteiger charge is 2.24. The van der Waals surface area contributed by atoms with Gasteiger partial charge in [-0.25, -0.2) is 0 Å². The minimum Gasteiger partial charge on any atom is -0.393 e. The highest BCUT2D eigenvalue weighted by atomic mass is 16.3. The molecule has 0 fully saturated rings. The molecular weight excluding hydrogens is 228 g/mol. The lowest BCUT2D eigenvalue weighted by Gasteiger charge is -2.35. The van der Waals surface area contributed by atoms with E-state index < -0.39 is 6.10 Å². The summed E-state index contributed by atoms with van der Waals surface area (Å²) in [7, 11) is 2.04. The van der Waals surface area contributed by atoms with E-state index >= 15 is 0 Å². The van der Waals surface area contributed by atoms with E-state index in [9.17, 15) is 9.90 Å². The monoisotopic (exact) mass is 248 g/mol. The number of para-hydroxylation sites is 2. The molecule has 18 heavy (non-hydrogen) atoms. The third-order valence-corrected chi connectivity index (χ3v) is 3.32. The Balaban J connectivity index is 2.15. The lowest BCUT2D eigenvalue weighted by molar-refractivity contribution is -0.119. The molecule has 0 spiro atoms. The highest BCUT2D eigenvalue weighted by molar-refractivity contribution is 5.97. The third-order valence-electron chi connectivity index (χ3n) is 3.32. The molecule has 1 unspecified atom stereocenters. The van der Waals surface area contributed by atoms with Crippen LogP contribution >= 0.6 is 0 Å². The molecule has 4 heteroatoms. The van der Waals surface area contributed by atoms with Crippen molar-refractivity contribution >= 4 is 17.3 Å². The van der Waals surface area contributed by atoms with Crippen LogP contribution in [0.3, 0.4) is 0 Å². The summed E-state index contributed by atoms with van der Waals surface area (Å²) in [6.07, 6.45) is 0.500. The lowest BCUT2D eigenvalue weighted by atomic mass is 10.1. The Morgan fingerprint density at radius 1 is 1.33 bits per heavy atom. The van der Waals surface area contributed by atoms with E-state index in [0.29, 0.717) is 19.4 Å². The van der Waals surface area contributed by atoms with E-state index in [1.165, 1.54) is 0 Å². The molecule has 0 aromatic heterocycles. The van der Waals surface area contributed by atoms with Gasteiger partial charge in [-0.15, -0.1) is 0 Å². The van der Waals surface area contributed by atoms with Gasteiger partial charge in [0.2, 0.25) is 5.91 Å². The average Bonchev–Trinajstić information content (AvgIpc) is 2.37. The topological polar surface area (TPSA) is 43.8 Å². The Morgan fingerprint density at radius 3 is 2.67 bits per heavy atom. The van der Waals surface area contributed by atoms with Gasteiger partial charge < -0.3 is 14.9 Å². The summed E-state index contributed by atoms with van der Waals surface area (Å²) in [6.45, 7) is 3.27. The molecule has 1 aromatic carbocycles. The number of rotatable bonds is 3. The molecule has 2 rings (SSSR count). The van der Waals surface area contributed by atoms with E-state index in [1.54, 1.807) is 6.92 Å². The molecule has 0 saturated carbocycles. The molecule has 1 amide bonds. The van der Waals surface area contributed by atoms with Crippen LogP contribution in [0.5, 0.6) is 0 Å². The molecule has 0 radical (unpaired) electrons. The zero-order chi connectivity index (χ0) is 13.1. The van der Waals surface area contributed by atoms with Crippen molar-refractivity contribution in [3.05, 3.63) is 24.3 Å². The van der Waals surface area contributed by atoms with Gasteiger partial charge in [0, 0.05) is 26.6 Å². The molecule has 98 valence electrons. The Kier molecular flexibility index (Phi) is 3.87. The Labute approximate surface area is 108 Å². The number of aliphatic hydroxyl groups is 1. The van der Waals surface area contributed by atoms with Crippen LogP contribution in [0.4, 0.5) is 11.4 Å². The van der Waals surface area contributed by atoms with Crippen LogP contribution in [-0.2, 0) is 4.79 Å². The van der Waals surface area contributed by atoms with Crippen molar-refractivity contribution < 1.29 is 9.90 Å². The van der Waals surface area contributed by atoms with Crippen molar-refractivity contribution in [2.24, 2.45) is 0 Å². The van der Waals surface area contributed by atoms with Gasteiger partial charge >= 0.3 is 0 Å². The van der Waals surface area contributed by atoms with E-state index in [2.05, 4.69) is 4.90 Å². The summed E-state index contributed by atoms with van der Waals surface area (Å²) in [4.78, 5) is 16.2. The third kappa shape index (κ3) is 2.64. The molecule has 0 bridgehead atoms. The van der Waals surface area contributed by atoms with Crippen LogP contribution in [0, 0.1) is 0 Å². The number of nitrogens with zero attached hydrogens (tertiary/aromatic N) is 2. The fourth-order valence-corrected chi connectivity index (χ4v) is 2.23. The maximum Gasteiger partial charge on any atom is 0.227 e. The second-order valence-electron chi connectivity index (χ2n) is 4.84. The first-order chi connectivity index (χ1) is 8.59.